The molecule has 27 rings (SSSR count). The van der Waals surface area contributed by atoms with Crippen LogP contribution in [0.2, 0.25) is 0 Å². The zero-order valence-corrected chi connectivity index (χ0v) is 89.5. The van der Waals surface area contributed by atoms with Crippen LogP contribution in [0.15, 0.2) is 377 Å². The molecule has 0 saturated carbocycles. The van der Waals surface area contributed by atoms with Crippen molar-refractivity contribution in [3.05, 3.63) is 456 Å². The molecule has 11 heterocycles. The molecule has 24 aromatic rings. The molecular formula is C128H101N15Pt3-6. The summed E-state index contributed by atoms with van der Waals surface area (Å²) in [5.74, 6) is 3.23. The van der Waals surface area contributed by atoms with Crippen LogP contribution in [-0.2, 0) is 79.4 Å². The number of fused-ring (bicyclic) bond motifs is 18. The van der Waals surface area contributed by atoms with Gasteiger partial charge in [0.15, 0.2) is 0 Å². The summed E-state index contributed by atoms with van der Waals surface area (Å²) >= 11 is 0. The van der Waals surface area contributed by atoms with Gasteiger partial charge in [0.2, 0.25) is 0 Å². The van der Waals surface area contributed by atoms with E-state index in [1.54, 1.807) is 6.20 Å². The molecule has 18 heteroatoms. The molecule has 0 amide bonds. The number of aromatic nitrogens is 9. The van der Waals surface area contributed by atoms with Gasteiger partial charge in [-0.05, 0) is 143 Å². The van der Waals surface area contributed by atoms with E-state index in [1.807, 2.05) is 47.4 Å². The molecule has 15 nitrogen and oxygen atoms in total. The molecule has 0 fully saturated rings. The largest absolute Gasteiger partial charge is 4.00 e. The average Bonchev–Trinajstić information content (AvgIpc) is 1.61. The van der Waals surface area contributed by atoms with Gasteiger partial charge < -0.3 is 48.1 Å². The molecule has 0 radical (unpaired) electrons. The maximum absolute atomic E-state index is 4.69. The number of hydrogen-bond acceptors (Lipinski definition) is 8. The summed E-state index contributed by atoms with van der Waals surface area (Å²) in [4.78, 5) is 17.9. The molecule has 3 aliphatic heterocycles. The van der Waals surface area contributed by atoms with Crippen molar-refractivity contribution in [2.75, 3.05) is 35.8 Å². The molecule has 16 aromatic carbocycles. The molecule has 0 unspecified atom stereocenters. The molecule has 0 saturated heterocycles. The number of nitrogens with zero attached hydrogens (tertiary/aromatic N) is 15. The van der Waals surface area contributed by atoms with E-state index in [9.17, 15) is 0 Å². The van der Waals surface area contributed by atoms with Crippen LogP contribution in [0, 0.1) is 62.5 Å². The Morgan fingerprint density at radius 3 is 0.925 bits per heavy atom. The van der Waals surface area contributed by atoms with Crippen molar-refractivity contribution >= 4 is 165 Å². The quantitative estimate of drug-likeness (QED) is 0.112. The van der Waals surface area contributed by atoms with Crippen molar-refractivity contribution < 1.29 is 63.2 Å². The van der Waals surface area contributed by atoms with Gasteiger partial charge in [-0.1, -0.05) is 266 Å². The van der Waals surface area contributed by atoms with Crippen molar-refractivity contribution in [3.8, 4) is 45.1 Å². The van der Waals surface area contributed by atoms with Crippen molar-refractivity contribution in [1.82, 2.24) is 56.9 Å². The van der Waals surface area contributed by atoms with Gasteiger partial charge in [0.05, 0.1) is 50.6 Å². The first kappa shape index (κ1) is 95.6. The Hall–Kier alpha value is -15.2. The van der Waals surface area contributed by atoms with Crippen LogP contribution < -0.4 is 14.7 Å². The second-order valence-corrected chi connectivity index (χ2v) is 40.5. The van der Waals surface area contributed by atoms with Crippen molar-refractivity contribution in [3.63, 3.8) is 0 Å². The normalized spacial score (nSPS) is 13.5. The van der Waals surface area contributed by atoms with Crippen molar-refractivity contribution in [1.29, 1.82) is 0 Å². The maximum Gasteiger partial charge on any atom is 4.00 e. The Morgan fingerprint density at radius 1 is 0.253 bits per heavy atom. The molecule has 0 atom stereocenters. The van der Waals surface area contributed by atoms with Crippen LogP contribution in [0.4, 0.5) is 17.1 Å². The zero-order chi connectivity index (χ0) is 97.0. The van der Waals surface area contributed by atoms with Gasteiger partial charge >= 0.3 is 21.1 Å². The summed E-state index contributed by atoms with van der Waals surface area (Å²) in [6.07, 6.45) is 12.2. The summed E-state index contributed by atoms with van der Waals surface area (Å²) < 4.78 is 15.9. The van der Waals surface area contributed by atoms with E-state index in [0.29, 0.717) is 0 Å². The third kappa shape index (κ3) is 16.6. The minimum atomic E-state index is -0.0910. The molecule has 3 aliphatic rings. The van der Waals surface area contributed by atoms with Gasteiger partial charge in [0.25, 0.3) is 0 Å². The SMILES string of the molecule is CN1[CH-]N(c2[c-]c(-n3c4[c-]c(-c5[c-]cccc5)ccc4c4ccccc43)cc(C(C)(C)C)c2)C=C1n1c2ccccc2c2ccccc21.CN1[CH-]N(c2[c-]c(-n3c4[c-]c(-n5cccn5)ccc4c4ccccc43)cc(C(C)(C)C)c2)C=C1n1c2ccccc2c2ccccc21.CN1[CH-]N(c2[c-]c3c(cc2)c2ccccc2n3-c2[c-]c(-c3ccccn3)cc(C(C)(C)C)c2)C=C1n1c2ccccc2c2ccccc21.[Pt+4].[Pt].[Pt]. The van der Waals surface area contributed by atoms with E-state index in [2.05, 4.69) is 541 Å². The summed E-state index contributed by atoms with van der Waals surface area (Å²) in [6, 6.07) is 147. The predicted molar refractivity (Wildman–Crippen MR) is 591 cm³/mol. The Balaban J connectivity index is 0.000000123. The van der Waals surface area contributed by atoms with E-state index in [1.165, 1.54) is 104 Å². The van der Waals surface area contributed by atoms with Crippen molar-refractivity contribution in [2.24, 2.45) is 0 Å². The predicted octanol–water partition coefficient (Wildman–Crippen LogP) is 30.1. The number of benzene rings is 16. The molecular weight excluding hydrogens is 2330 g/mol. The topological polar surface area (TPSA) is 79.7 Å². The fourth-order valence-corrected chi connectivity index (χ4v) is 21.1. The Labute approximate surface area is 893 Å². The smallest absolute Gasteiger partial charge is 0.498 e. The van der Waals surface area contributed by atoms with Crippen LogP contribution in [-0.4, -0.2) is 78.0 Å². The third-order valence-corrected chi connectivity index (χ3v) is 28.3. The minimum Gasteiger partial charge on any atom is -0.498 e. The monoisotopic (exact) mass is 2430 g/mol. The van der Waals surface area contributed by atoms with Crippen LogP contribution in [0.5, 0.6) is 0 Å². The van der Waals surface area contributed by atoms with Gasteiger partial charge in [-0.15, -0.1) is 141 Å². The second kappa shape index (κ2) is 37.7. The van der Waals surface area contributed by atoms with Crippen molar-refractivity contribution in [2.45, 2.75) is 78.6 Å². The molecule has 0 spiro atoms. The Kier molecular flexibility index (Phi) is 24.7. The Morgan fingerprint density at radius 2 is 0.568 bits per heavy atom. The molecule has 0 bridgehead atoms. The third-order valence-electron chi connectivity index (χ3n) is 28.3. The van der Waals surface area contributed by atoms with Crippen LogP contribution in [0.3, 0.4) is 0 Å². The number of para-hydroxylation sites is 9. The number of hydrogen-bond donors (Lipinski definition) is 0. The summed E-state index contributed by atoms with van der Waals surface area (Å²) in [5, 5.41) is 19.0. The standard InChI is InChI=1S/C44H34N4.C43H34N5.C41H33N6.3Pt/c1-44(2,3)32-25-33(46-28-43(45(4)29-46)48-40-20-12-9-16-35(40)36-17-10-13-21-41(36)48)27-34(26-32)47-39-19-11-8-18-37(39)38-23-22-31(24-42(38)47)30-14-6-5-7-15-30;1-43(2,3)30-23-29(37-16-11-12-22-44-37)24-32(25-30)47-38-17-8-5-15-35(38)36-21-20-31(26-41(36)47)46-27-42(45(4)28-46)48-39-18-9-6-13-33(39)34-14-7-10-19-40(34)48;1-41(2,3)28-22-30(44-26-40(43(4)27-44)47-37-16-9-6-12-32(37)33-13-7-10-17-38(33)47)24-31(23-28)46-36-15-8-5-14-34(36)35-19-18-29(25-39(35)46)45-21-11-20-42-45;;;/h5-14,16-23,25-26,28-29H,1-4H3;5-23,25,27-28H,1-4H3;5-23,26-27H,1-4H3;;;/q-4;2*-3;;;+4. The summed E-state index contributed by atoms with van der Waals surface area (Å²) in [7, 11) is 6.34. The van der Waals surface area contributed by atoms with E-state index < -0.39 is 0 Å². The van der Waals surface area contributed by atoms with E-state index in [4.69, 9.17) is 0 Å². The van der Waals surface area contributed by atoms with Gasteiger partial charge in [-0.2, -0.15) is 73.6 Å². The van der Waals surface area contributed by atoms with Crippen LogP contribution in [0.25, 0.3) is 193 Å². The first-order chi connectivity index (χ1) is 69.5. The van der Waals surface area contributed by atoms with E-state index in [0.717, 1.165) is 124 Å². The number of pyridine rings is 1. The fraction of sp³-hybridized carbons (Fsp3) is 0.117. The van der Waals surface area contributed by atoms with E-state index >= 15 is 0 Å². The first-order valence-electron chi connectivity index (χ1n) is 48.7. The van der Waals surface area contributed by atoms with Gasteiger partial charge in [0.1, 0.15) is 0 Å². The van der Waals surface area contributed by atoms with E-state index in [-0.39, 0.29) is 79.4 Å². The number of anilines is 3. The van der Waals surface area contributed by atoms with Crippen LogP contribution >= 0.6 is 0 Å². The molecule has 0 N–H and O–H groups in total. The molecule has 146 heavy (non-hydrogen) atoms. The number of rotatable bonds is 12. The first-order valence-corrected chi connectivity index (χ1v) is 48.7. The van der Waals surface area contributed by atoms with Gasteiger partial charge in [-0.3, -0.25) is 18.4 Å². The minimum absolute atomic E-state index is 0. The molecule has 724 valence electrons. The second-order valence-electron chi connectivity index (χ2n) is 40.5. The molecule has 8 aromatic heterocycles. The van der Waals surface area contributed by atoms with Gasteiger partial charge in [-0.25, -0.2) is 11.1 Å². The fourth-order valence-electron chi connectivity index (χ4n) is 21.1. The Bertz CT molecular complexity index is 9150. The zero-order valence-electron chi connectivity index (χ0n) is 82.7. The summed E-state index contributed by atoms with van der Waals surface area (Å²) in [5.41, 5.74) is 27.7. The maximum atomic E-state index is 4.69. The van der Waals surface area contributed by atoms with Gasteiger partial charge in [0, 0.05) is 128 Å². The summed E-state index contributed by atoms with van der Waals surface area (Å²) in [6.45, 7) is 26.8. The molecule has 0 aliphatic carbocycles. The average molecular weight is 2430 g/mol. The van der Waals surface area contributed by atoms with Crippen LogP contribution in [0.1, 0.15) is 79.0 Å².